The fourth-order valence-electron chi connectivity index (χ4n) is 3.13. The number of rotatable bonds is 11. The first-order valence-corrected chi connectivity index (χ1v) is 11.5. The number of aryl methyl sites for hydroxylation is 1. The van der Waals surface area contributed by atoms with Crippen molar-refractivity contribution >= 4 is 46.9 Å². The fraction of sp³-hybridized carbons (Fsp3) is 0.261. The highest BCUT2D eigenvalue weighted by Gasteiger charge is 2.23. The van der Waals surface area contributed by atoms with Gasteiger partial charge < -0.3 is 20.2 Å². The van der Waals surface area contributed by atoms with E-state index in [0.29, 0.717) is 23.6 Å². The van der Waals surface area contributed by atoms with Crippen LogP contribution in [0.25, 0.3) is 5.82 Å². The predicted octanol–water partition coefficient (Wildman–Crippen LogP) is 4.58. The summed E-state index contributed by atoms with van der Waals surface area (Å²) in [6, 6.07) is 7.46. The van der Waals surface area contributed by atoms with Crippen LogP contribution in [0.1, 0.15) is 39.8 Å². The molecule has 2 heterocycles. The second-order valence-corrected chi connectivity index (χ2v) is 8.04. The molecule has 13 heteroatoms. The van der Waals surface area contributed by atoms with Gasteiger partial charge in [0, 0.05) is 36.5 Å². The lowest BCUT2D eigenvalue weighted by atomic mass is 10.1. The van der Waals surface area contributed by atoms with Gasteiger partial charge in [0.2, 0.25) is 12.7 Å². The molecule has 0 saturated heterocycles. The van der Waals surface area contributed by atoms with E-state index in [1.54, 1.807) is 25.1 Å². The standard InChI is InChI=1S/C23H23Cl2FN6O4/c1-3-36-29-9-5-8-28-22(33)16-11-15(24)10-14(2)20(16)30-23(34)18-12-19(35-13-26)31-32(18)21-17(25)6-4-7-27-21/h4,6-7,9-12H,3,5,8,13H2,1-2H3,(H,28,33)(H,30,34)/b29-9+. The summed E-state index contributed by atoms with van der Waals surface area (Å²) in [5.41, 5.74) is 0.878. The number of benzene rings is 1. The molecule has 1 aromatic carbocycles. The quantitative estimate of drug-likeness (QED) is 0.210. The lowest BCUT2D eigenvalue weighted by molar-refractivity contribution is 0.0955. The zero-order valence-electron chi connectivity index (χ0n) is 19.4. The lowest BCUT2D eigenvalue weighted by Crippen LogP contribution is -2.27. The van der Waals surface area contributed by atoms with Gasteiger partial charge in [-0.15, -0.1) is 5.10 Å². The molecule has 36 heavy (non-hydrogen) atoms. The minimum atomic E-state index is -1.15. The van der Waals surface area contributed by atoms with E-state index in [0.717, 1.165) is 4.68 Å². The molecule has 0 aliphatic rings. The molecule has 0 aliphatic heterocycles. The number of alkyl halides is 1. The van der Waals surface area contributed by atoms with Crippen LogP contribution in [0.4, 0.5) is 10.1 Å². The summed E-state index contributed by atoms with van der Waals surface area (Å²) in [5, 5.41) is 13.8. The van der Waals surface area contributed by atoms with Crippen LogP contribution in [0.15, 0.2) is 41.7 Å². The number of ether oxygens (including phenoxy) is 1. The van der Waals surface area contributed by atoms with Gasteiger partial charge in [-0.05, 0) is 43.7 Å². The Hall–Kier alpha value is -3.70. The number of pyridine rings is 1. The van der Waals surface area contributed by atoms with Crippen molar-refractivity contribution in [3.8, 4) is 11.7 Å². The van der Waals surface area contributed by atoms with E-state index >= 15 is 0 Å². The number of carbonyl (C=O) groups is 2. The van der Waals surface area contributed by atoms with E-state index in [4.69, 9.17) is 32.8 Å². The highest BCUT2D eigenvalue weighted by atomic mass is 35.5. The first-order chi connectivity index (χ1) is 17.3. The van der Waals surface area contributed by atoms with E-state index in [1.165, 1.54) is 24.5 Å². The molecular weight excluding hydrogens is 514 g/mol. The Morgan fingerprint density at radius 3 is 2.78 bits per heavy atom. The molecule has 2 N–H and O–H groups in total. The van der Waals surface area contributed by atoms with Gasteiger partial charge in [0.25, 0.3) is 11.8 Å². The smallest absolute Gasteiger partial charge is 0.274 e. The summed E-state index contributed by atoms with van der Waals surface area (Å²) in [6.45, 7) is 3.08. The van der Waals surface area contributed by atoms with Crippen LogP contribution in [0, 0.1) is 6.92 Å². The minimum Gasteiger partial charge on any atom is -0.445 e. The monoisotopic (exact) mass is 536 g/mol. The Morgan fingerprint density at radius 1 is 1.25 bits per heavy atom. The summed E-state index contributed by atoms with van der Waals surface area (Å²) in [7, 11) is 0. The largest absolute Gasteiger partial charge is 0.445 e. The molecule has 3 rings (SSSR count). The molecular formula is C23H23Cl2FN6O4. The minimum absolute atomic E-state index is 0.0492. The van der Waals surface area contributed by atoms with Gasteiger partial charge >= 0.3 is 0 Å². The van der Waals surface area contributed by atoms with E-state index < -0.39 is 18.7 Å². The van der Waals surface area contributed by atoms with Crippen molar-refractivity contribution in [2.45, 2.75) is 20.3 Å². The normalized spacial score (nSPS) is 10.9. The fourth-order valence-corrected chi connectivity index (χ4v) is 3.61. The molecule has 3 aromatic rings. The maximum absolute atomic E-state index is 13.3. The molecule has 0 saturated carbocycles. The number of oxime groups is 1. The molecule has 0 unspecified atom stereocenters. The number of hydrogen-bond acceptors (Lipinski definition) is 7. The SMILES string of the molecule is CCO/N=C/CCNC(=O)c1cc(Cl)cc(C)c1NC(=O)c1cc(OCF)nn1-c1ncccc1Cl. The molecule has 2 aromatic heterocycles. The molecule has 0 atom stereocenters. The molecule has 0 radical (unpaired) electrons. The second-order valence-electron chi connectivity index (χ2n) is 7.19. The number of aromatic nitrogens is 3. The summed E-state index contributed by atoms with van der Waals surface area (Å²) < 4.78 is 18.7. The van der Waals surface area contributed by atoms with E-state index in [9.17, 15) is 14.0 Å². The highest BCUT2D eigenvalue weighted by molar-refractivity contribution is 6.32. The van der Waals surface area contributed by atoms with Crippen molar-refractivity contribution in [1.29, 1.82) is 0 Å². The van der Waals surface area contributed by atoms with Crippen molar-refractivity contribution in [2.75, 3.05) is 25.3 Å². The molecule has 0 aliphatic carbocycles. The van der Waals surface area contributed by atoms with Crippen LogP contribution in [-0.4, -0.2) is 52.8 Å². The average Bonchev–Trinajstić information content (AvgIpc) is 3.27. The number of amides is 2. The molecule has 2 amide bonds. The lowest BCUT2D eigenvalue weighted by Gasteiger charge is -2.15. The first kappa shape index (κ1) is 26.9. The third-order valence-electron chi connectivity index (χ3n) is 4.68. The van der Waals surface area contributed by atoms with E-state index in [-0.39, 0.29) is 40.2 Å². The Morgan fingerprint density at radius 2 is 2.06 bits per heavy atom. The Kier molecular flexibility index (Phi) is 9.60. The van der Waals surface area contributed by atoms with Crippen LogP contribution < -0.4 is 15.4 Å². The van der Waals surface area contributed by atoms with Crippen molar-refractivity contribution < 1.29 is 23.6 Å². The number of carbonyl (C=O) groups excluding carboxylic acids is 2. The van der Waals surface area contributed by atoms with Gasteiger partial charge in [0.1, 0.15) is 12.3 Å². The molecule has 10 nitrogen and oxygen atoms in total. The maximum Gasteiger partial charge on any atom is 0.274 e. The molecule has 0 bridgehead atoms. The zero-order valence-corrected chi connectivity index (χ0v) is 20.9. The predicted molar refractivity (Wildman–Crippen MR) is 134 cm³/mol. The van der Waals surface area contributed by atoms with Crippen LogP contribution in [-0.2, 0) is 4.84 Å². The number of nitrogens with one attached hydrogen (secondary N) is 2. The average molecular weight is 537 g/mol. The van der Waals surface area contributed by atoms with Crippen molar-refractivity contribution in [3.63, 3.8) is 0 Å². The number of anilines is 1. The van der Waals surface area contributed by atoms with Gasteiger partial charge in [-0.1, -0.05) is 28.4 Å². The Balaban J connectivity index is 1.89. The van der Waals surface area contributed by atoms with Gasteiger partial charge in [0.15, 0.2) is 5.82 Å². The first-order valence-electron chi connectivity index (χ1n) is 10.8. The molecule has 0 spiro atoms. The van der Waals surface area contributed by atoms with Gasteiger partial charge in [-0.3, -0.25) is 9.59 Å². The third kappa shape index (κ3) is 6.70. The van der Waals surface area contributed by atoms with Crippen molar-refractivity contribution in [2.24, 2.45) is 5.16 Å². The maximum atomic E-state index is 13.3. The van der Waals surface area contributed by atoms with Gasteiger partial charge in [-0.2, -0.15) is 0 Å². The summed E-state index contributed by atoms with van der Waals surface area (Å²) in [5.74, 6) is -1.13. The van der Waals surface area contributed by atoms with Crippen LogP contribution in [0.5, 0.6) is 5.88 Å². The summed E-state index contributed by atoms with van der Waals surface area (Å²) in [6.07, 6.45) is 3.44. The highest BCUT2D eigenvalue weighted by Crippen LogP contribution is 2.28. The summed E-state index contributed by atoms with van der Waals surface area (Å²) in [4.78, 5) is 35.2. The molecule has 190 valence electrons. The van der Waals surface area contributed by atoms with Crippen LogP contribution >= 0.6 is 23.2 Å². The topological polar surface area (TPSA) is 120 Å². The third-order valence-corrected chi connectivity index (χ3v) is 5.20. The zero-order chi connectivity index (χ0) is 26.1. The Bertz CT molecular complexity index is 1270. The Labute approximate surface area is 216 Å². The number of halogens is 3. The molecule has 0 fully saturated rings. The van der Waals surface area contributed by atoms with Crippen LogP contribution in [0.3, 0.4) is 0 Å². The number of nitrogens with zero attached hydrogens (tertiary/aromatic N) is 4. The number of hydrogen-bond donors (Lipinski definition) is 2. The van der Waals surface area contributed by atoms with Crippen molar-refractivity contribution in [1.82, 2.24) is 20.1 Å². The van der Waals surface area contributed by atoms with Crippen LogP contribution in [0.2, 0.25) is 10.0 Å². The van der Waals surface area contributed by atoms with Gasteiger partial charge in [0.05, 0.1) is 16.3 Å². The van der Waals surface area contributed by atoms with E-state index in [1.807, 2.05) is 6.92 Å². The van der Waals surface area contributed by atoms with Gasteiger partial charge in [-0.25, -0.2) is 14.1 Å². The van der Waals surface area contributed by atoms with E-state index in [2.05, 4.69) is 25.9 Å². The summed E-state index contributed by atoms with van der Waals surface area (Å²) >= 11 is 12.4. The second kappa shape index (κ2) is 12.8. The van der Waals surface area contributed by atoms with Crippen molar-refractivity contribution in [3.05, 3.63) is 63.4 Å².